The first kappa shape index (κ1) is 15.4. The highest BCUT2D eigenvalue weighted by Gasteiger charge is 2.29. The second kappa shape index (κ2) is 6.16. The molecule has 1 aromatic carbocycles. The Labute approximate surface area is 125 Å². The van der Waals surface area contributed by atoms with Gasteiger partial charge in [-0.25, -0.2) is 4.79 Å². The van der Waals surface area contributed by atoms with E-state index in [1.165, 1.54) is 0 Å². The summed E-state index contributed by atoms with van der Waals surface area (Å²) in [5.74, 6) is 0.00379. The van der Waals surface area contributed by atoms with Crippen LogP contribution in [0.4, 0.5) is 4.79 Å². The Hall–Kier alpha value is -2.04. The number of amides is 2. The van der Waals surface area contributed by atoms with E-state index < -0.39 is 11.7 Å². The Kier molecular flexibility index (Phi) is 4.50. The van der Waals surface area contributed by atoms with Gasteiger partial charge in [0.05, 0.1) is 6.04 Å². The van der Waals surface area contributed by atoms with E-state index in [1.54, 1.807) is 17.0 Å². The Morgan fingerprint density at radius 2 is 1.90 bits per heavy atom. The molecule has 114 valence electrons. The minimum Gasteiger partial charge on any atom is -0.444 e. The van der Waals surface area contributed by atoms with Gasteiger partial charge in [0.15, 0.2) is 0 Å². The van der Waals surface area contributed by atoms with Gasteiger partial charge in [-0.3, -0.25) is 4.79 Å². The van der Waals surface area contributed by atoms with Crippen molar-refractivity contribution in [1.82, 2.24) is 10.2 Å². The zero-order valence-electron chi connectivity index (χ0n) is 12.8. The average molecular weight is 290 g/mol. The molecule has 1 saturated heterocycles. The van der Waals surface area contributed by atoms with Gasteiger partial charge in [-0.1, -0.05) is 18.2 Å². The van der Waals surface area contributed by atoms with Crippen molar-refractivity contribution in [3.8, 4) is 0 Å². The lowest BCUT2D eigenvalue weighted by atomic mass is 10.2. The molecule has 1 unspecified atom stereocenters. The van der Waals surface area contributed by atoms with E-state index in [4.69, 9.17) is 4.74 Å². The molecule has 1 aliphatic rings. The number of alkyl carbamates (subject to hydrolysis) is 1. The number of benzene rings is 1. The molecule has 1 fully saturated rings. The smallest absolute Gasteiger partial charge is 0.407 e. The molecule has 1 aliphatic heterocycles. The molecule has 0 bridgehead atoms. The highest BCUT2D eigenvalue weighted by atomic mass is 16.6. The number of hydrogen-bond donors (Lipinski definition) is 1. The summed E-state index contributed by atoms with van der Waals surface area (Å²) in [6, 6.07) is 9.13. The Balaban J connectivity index is 1.86. The summed E-state index contributed by atoms with van der Waals surface area (Å²) in [5, 5.41) is 2.82. The lowest BCUT2D eigenvalue weighted by Gasteiger charge is -2.22. The standard InChI is InChI=1S/C16H22N2O3/c1-16(2,3)21-15(20)17-13-9-10-18(11-13)14(19)12-7-5-4-6-8-12/h4-8,13H,9-11H2,1-3H3,(H,17,20). The summed E-state index contributed by atoms with van der Waals surface area (Å²) in [5.41, 5.74) is 0.165. The van der Waals surface area contributed by atoms with Gasteiger partial charge in [-0.15, -0.1) is 0 Å². The van der Waals surface area contributed by atoms with Crippen molar-refractivity contribution >= 4 is 12.0 Å². The monoisotopic (exact) mass is 290 g/mol. The number of likely N-dealkylation sites (tertiary alicyclic amines) is 1. The molecule has 1 aromatic rings. The molecule has 5 heteroatoms. The molecule has 2 rings (SSSR count). The van der Waals surface area contributed by atoms with Crippen molar-refractivity contribution in [3.05, 3.63) is 35.9 Å². The predicted octanol–water partition coefficient (Wildman–Crippen LogP) is 2.43. The number of ether oxygens (including phenoxy) is 1. The Morgan fingerprint density at radius 1 is 1.24 bits per heavy atom. The quantitative estimate of drug-likeness (QED) is 0.910. The minimum atomic E-state index is -0.512. The van der Waals surface area contributed by atoms with Crippen LogP contribution in [0.25, 0.3) is 0 Å². The zero-order chi connectivity index (χ0) is 15.5. The van der Waals surface area contributed by atoms with Gasteiger partial charge < -0.3 is 15.0 Å². The first-order chi connectivity index (χ1) is 9.85. The highest BCUT2D eigenvalue weighted by Crippen LogP contribution is 2.14. The molecule has 0 spiro atoms. The molecule has 0 saturated carbocycles. The van der Waals surface area contributed by atoms with E-state index in [1.807, 2.05) is 39.0 Å². The molecule has 1 N–H and O–H groups in total. The maximum Gasteiger partial charge on any atom is 0.407 e. The van der Waals surface area contributed by atoms with Gasteiger partial charge in [0.25, 0.3) is 5.91 Å². The van der Waals surface area contributed by atoms with Gasteiger partial charge in [0, 0.05) is 18.7 Å². The van der Waals surface area contributed by atoms with Crippen LogP contribution in [-0.4, -0.2) is 41.6 Å². The Bertz CT molecular complexity index is 508. The topological polar surface area (TPSA) is 58.6 Å². The summed E-state index contributed by atoms with van der Waals surface area (Å²) < 4.78 is 5.23. The fourth-order valence-corrected chi connectivity index (χ4v) is 2.30. The maximum absolute atomic E-state index is 12.3. The number of carbonyl (C=O) groups is 2. The SMILES string of the molecule is CC(C)(C)OC(=O)NC1CCN(C(=O)c2ccccc2)C1. The number of nitrogens with one attached hydrogen (secondary N) is 1. The summed E-state index contributed by atoms with van der Waals surface area (Å²) >= 11 is 0. The summed E-state index contributed by atoms with van der Waals surface area (Å²) in [4.78, 5) is 25.8. The molecule has 2 amide bonds. The second-order valence-electron chi connectivity index (χ2n) is 6.25. The largest absolute Gasteiger partial charge is 0.444 e. The lowest BCUT2D eigenvalue weighted by Crippen LogP contribution is -2.41. The van der Waals surface area contributed by atoms with Crippen molar-refractivity contribution in [1.29, 1.82) is 0 Å². The first-order valence-electron chi connectivity index (χ1n) is 7.19. The third-order valence-electron chi connectivity index (χ3n) is 3.22. The minimum absolute atomic E-state index is 0.00379. The molecule has 21 heavy (non-hydrogen) atoms. The van der Waals surface area contributed by atoms with Gasteiger partial charge in [-0.05, 0) is 39.3 Å². The van der Waals surface area contributed by atoms with Crippen LogP contribution < -0.4 is 5.32 Å². The van der Waals surface area contributed by atoms with E-state index in [0.29, 0.717) is 18.7 Å². The molecule has 0 aliphatic carbocycles. The second-order valence-corrected chi connectivity index (χ2v) is 6.25. The maximum atomic E-state index is 12.3. The first-order valence-corrected chi connectivity index (χ1v) is 7.19. The van der Waals surface area contributed by atoms with E-state index >= 15 is 0 Å². The van der Waals surface area contributed by atoms with Gasteiger partial charge >= 0.3 is 6.09 Å². The van der Waals surface area contributed by atoms with Crippen LogP contribution in [0.15, 0.2) is 30.3 Å². The van der Waals surface area contributed by atoms with E-state index in [2.05, 4.69) is 5.32 Å². The van der Waals surface area contributed by atoms with Crippen molar-refractivity contribution in [2.45, 2.75) is 38.8 Å². The van der Waals surface area contributed by atoms with Crippen LogP contribution in [0.2, 0.25) is 0 Å². The summed E-state index contributed by atoms with van der Waals surface area (Å²) in [7, 11) is 0. The van der Waals surface area contributed by atoms with Crippen molar-refractivity contribution < 1.29 is 14.3 Å². The van der Waals surface area contributed by atoms with Crippen LogP contribution in [0, 0.1) is 0 Å². The van der Waals surface area contributed by atoms with Crippen molar-refractivity contribution in [3.63, 3.8) is 0 Å². The van der Waals surface area contributed by atoms with Crippen LogP contribution in [0.5, 0.6) is 0 Å². The van der Waals surface area contributed by atoms with Gasteiger partial charge in [0.2, 0.25) is 0 Å². The number of hydrogen-bond acceptors (Lipinski definition) is 3. The van der Waals surface area contributed by atoms with E-state index in [9.17, 15) is 9.59 Å². The molecular weight excluding hydrogens is 268 g/mol. The van der Waals surface area contributed by atoms with E-state index in [-0.39, 0.29) is 11.9 Å². The third-order valence-corrected chi connectivity index (χ3v) is 3.22. The molecule has 0 radical (unpaired) electrons. The molecule has 1 atom stereocenters. The highest BCUT2D eigenvalue weighted by molar-refractivity contribution is 5.94. The molecular formula is C16H22N2O3. The van der Waals surface area contributed by atoms with Gasteiger partial charge in [-0.2, -0.15) is 0 Å². The lowest BCUT2D eigenvalue weighted by molar-refractivity contribution is 0.0502. The normalized spacial score (nSPS) is 18.4. The van der Waals surface area contributed by atoms with Crippen LogP contribution in [0.1, 0.15) is 37.6 Å². The van der Waals surface area contributed by atoms with Crippen molar-refractivity contribution in [2.24, 2.45) is 0 Å². The Morgan fingerprint density at radius 3 is 2.52 bits per heavy atom. The van der Waals surface area contributed by atoms with Crippen LogP contribution in [-0.2, 0) is 4.74 Å². The van der Waals surface area contributed by atoms with Gasteiger partial charge in [0.1, 0.15) is 5.60 Å². The number of nitrogens with zero attached hydrogens (tertiary/aromatic N) is 1. The molecule has 5 nitrogen and oxygen atoms in total. The predicted molar refractivity (Wildman–Crippen MR) is 80.1 cm³/mol. The molecule has 0 aromatic heterocycles. The zero-order valence-corrected chi connectivity index (χ0v) is 12.8. The third kappa shape index (κ3) is 4.48. The van der Waals surface area contributed by atoms with E-state index in [0.717, 1.165) is 6.42 Å². The summed E-state index contributed by atoms with van der Waals surface area (Å²) in [6.07, 6.45) is 0.319. The van der Waals surface area contributed by atoms with Crippen molar-refractivity contribution in [2.75, 3.05) is 13.1 Å². The fraction of sp³-hybridized carbons (Fsp3) is 0.500. The number of carbonyl (C=O) groups excluding carboxylic acids is 2. The van der Waals surface area contributed by atoms with Crippen LogP contribution >= 0.6 is 0 Å². The molecule has 1 heterocycles. The fourth-order valence-electron chi connectivity index (χ4n) is 2.30. The van der Waals surface area contributed by atoms with Crippen LogP contribution in [0.3, 0.4) is 0 Å². The number of rotatable bonds is 2. The average Bonchev–Trinajstić information content (AvgIpc) is 2.85. The summed E-state index contributed by atoms with van der Waals surface area (Å²) in [6.45, 7) is 6.65.